The number of benzene rings is 1. The Morgan fingerprint density at radius 1 is 1.42 bits per heavy atom. The average Bonchev–Trinajstić information content (AvgIpc) is 2.41. The first-order valence-electron chi connectivity index (χ1n) is 6.66. The van der Waals surface area contributed by atoms with Crippen molar-refractivity contribution < 1.29 is 9.18 Å². The Morgan fingerprint density at radius 2 is 2.21 bits per heavy atom. The summed E-state index contributed by atoms with van der Waals surface area (Å²) in [6.07, 6.45) is 6.35. The van der Waals surface area contributed by atoms with Crippen LogP contribution < -0.4 is 5.32 Å². The van der Waals surface area contributed by atoms with Crippen molar-refractivity contribution in [3.63, 3.8) is 0 Å². The van der Waals surface area contributed by atoms with Crippen LogP contribution in [0.2, 0.25) is 0 Å². The van der Waals surface area contributed by atoms with Gasteiger partial charge in [-0.05, 0) is 38.3 Å². The highest BCUT2D eigenvalue weighted by Crippen LogP contribution is 2.16. The van der Waals surface area contributed by atoms with Crippen molar-refractivity contribution in [1.82, 2.24) is 10.2 Å². The third-order valence-corrected chi connectivity index (χ3v) is 3.44. The summed E-state index contributed by atoms with van der Waals surface area (Å²) in [6.45, 7) is 2.85. The quantitative estimate of drug-likeness (QED) is 0.870. The van der Waals surface area contributed by atoms with E-state index in [-0.39, 0.29) is 17.9 Å². The van der Waals surface area contributed by atoms with Gasteiger partial charge in [0, 0.05) is 24.4 Å². The van der Waals surface area contributed by atoms with Crippen LogP contribution >= 0.6 is 0 Å². The Labute approximate surface area is 113 Å². The summed E-state index contributed by atoms with van der Waals surface area (Å²) in [5, 5.41) is 2.70. The molecule has 2 amide bonds. The van der Waals surface area contributed by atoms with Gasteiger partial charge in [0.1, 0.15) is 5.82 Å². The first kappa shape index (κ1) is 13.6. The van der Waals surface area contributed by atoms with Crippen LogP contribution in [0.15, 0.2) is 30.5 Å². The van der Waals surface area contributed by atoms with Crippen molar-refractivity contribution >= 4 is 12.1 Å². The normalized spacial score (nSPS) is 19.7. The fourth-order valence-corrected chi connectivity index (χ4v) is 2.30. The zero-order valence-corrected chi connectivity index (χ0v) is 11.1. The molecule has 1 N–H and O–H groups in total. The van der Waals surface area contributed by atoms with E-state index < -0.39 is 0 Å². The number of nitrogens with one attached hydrogen (secondary N) is 1. The van der Waals surface area contributed by atoms with Crippen molar-refractivity contribution in [2.75, 3.05) is 6.54 Å². The molecule has 0 bridgehead atoms. The summed E-state index contributed by atoms with van der Waals surface area (Å²) in [7, 11) is 0. The van der Waals surface area contributed by atoms with Crippen LogP contribution in [0.5, 0.6) is 0 Å². The number of nitrogens with zero attached hydrogens (tertiary/aromatic N) is 1. The molecule has 0 spiro atoms. The van der Waals surface area contributed by atoms with Crippen LogP contribution in [0.3, 0.4) is 0 Å². The van der Waals surface area contributed by atoms with Crippen molar-refractivity contribution in [2.45, 2.75) is 32.2 Å². The third kappa shape index (κ3) is 3.56. The van der Waals surface area contributed by atoms with Gasteiger partial charge in [-0.1, -0.05) is 18.2 Å². The lowest BCUT2D eigenvalue weighted by molar-refractivity contribution is 0.161. The van der Waals surface area contributed by atoms with Gasteiger partial charge in [0.2, 0.25) is 0 Å². The topological polar surface area (TPSA) is 32.3 Å². The maximum absolute atomic E-state index is 13.4. The van der Waals surface area contributed by atoms with Crippen molar-refractivity contribution in [2.24, 2.45) is 0 Å². The van der Waals surface area contributed by atoms with E-state index in [2.05, 4.69) is 12.2 Å². The zero-order valence-electron chi connectivity index (χ0n) is 11.1. The van der Waals surface area contributed by atoms with E-state index in [9.17, 15) is 9.18 Å². The highest BCUT2D eigenvalue weighted by Gasteiger charge is 2.22. The molecule has 1 saturated heterocycles. The minimum atomic E-state index is -0.292. The molecule has 1 aromatic rings. The van der Waals surface area contributed by atoms with Crippen LogP contribution in [0.25, 0.3) is 6.08 Å². The number of likely N-dealkylation sites (tertiary alicyclic amines) is 1. The molecule has 0 aromatic heterocycles. The number of amides is 2. The minimum absolute atomic E-state index is 0.111. The number of hydrogen-bond acceptors (Lipinski definition) is 1. The Hall–Kier alpha value is -1.84. The molecular formula is C15H19FN2O. The maximum atomic E-state index is 13.4. The van der Waals surface area contributed by atoms with Crippen LogP contribution in [0.1, 0.15) is 31.7 Å². The van der Waals surface area contributed by atoms with Crippen LogP contribution in [0.4, 0.5) is 9.18 Å². The summed E-state index contributed by atoms with van der Waals surface area (Å²) in [5.74, 6) is -0.292. The fourth-order valence-electron chi connectivity index (χ4n) is 2.30. The highest BCUT2D eigenvalue weighted by atomic mass is 19.1. The van der Waals surface area contributed by atoms with Crippen LogP contribution in [-0.2, 0) is 0 Å². The number of carbonyl (C=O) groups is 1. The van der Waals surface area contributed by atoms with Gasteiger partial charge in [-0.15, -0.1) is 0 Å². The molecule has 1 aliphatic heterocycles. The fraction of sp³-hybridized carbons (Fsp3) is 0.400. The molecule has 0 radical (unpaired) electrons. The lowest BCUT2D eigenvalue weighted by atomic mass is 10.0. The van der Waals surface area contributed by atoms with Gasteiger partial charge in [0.15, 0.2) is 0 Å². The molecule has 4 heteroatoms. The lowest BCUT2D eigenvalue weighted by Gasteiger charge is -2.32. The van der Waals surface area contributed by atoms with E-state index in [0.29, 0.717) is 5.56 Å². The minimum Gasteiger partial charge on any atom is -0.322 e. The van der Waals surface area contributed by atoms with Gasteiger partial charge >= 0.3 is 6.03 Å². The summed E-state index contributed by atoms with van der Waals surface area (Å²) in [4.78, 5) is 13.8. The van der Waals surface area contributed by atoms with Crippen molar-refractivity contribution in [3.8, 4) is 0 Å². The average molecular weight is 262 g/mol. The smallest absolute Gasteiger partial charge is 0.321 e. The van der Waals surface area contributed by atoms with E-state index in [1.54, 1.807) is 24.3 Å². The molecule has 0 saturated carbocycles. The molecule has 1 heterocycles. The molecular weight excluding hydrogens is 243 g/mol. The monoisotopic (exact) mass is 262 g/mol. The molecule has 2 rings (SSSR count). The first-order chi connectivity index (χ1) is 9.18. The Kier molecular flexibility index (Phi) is 4.55. The van der Waals surface area contributed by atoms with Gasteiger partial charge in [0.05, 0.1) is 0 Å². The SMILES string of the molecule is CC1CCCCN1C(=O)N/C=C/c1ccccc1F. The summed E-state index contributed by atoms with van der Waals surface area (Å²) in [5.41, 5.74) is 0.467. The molecule has 3 nitrogen and oxygen atoms in total. The largest absolute Gasteiger partial charge is 0.322 e. The van der Waals surface area contributed by atoms with Gasteiger partial charge in [-0.2, -0.15) is 0 Å². The number of urea groups is 1. The standard InChI is InChI=1S/C15H19FN2O/c1-12-6-4-5-11-18(12)15(19)17-10-9-13-7-2-3-8-14(13)16/h2-3,7-10,12H,4-6,11H2,1H3,(H,17,19)/b10-9+. The van der Waals surface area contributed by atoms with Gasteiger partial charge in [0.25, 0.3) is 0 Å². The third-order valence-electron chi connectivity index (χ3n) is 3.44. The summed E-state index contributed by atoms with van der Waals surface area (Å²) in [6, 6.07) is 6.63. The molecule has 1 atom stereocenters. The van der Waals surface area contributed by atoms with E-state index in [4.69, 9.17) is 0 Å². The number of carbonyl (C=O) groups excluding carboxylic acids is 1. The molecule has 0 aliphatic carbocycles. The molecule has 1 aromatic carbocycles. The predicted molar refractivity (Wildman–Crippen MR) is 74.0 cm³/mol. The Morgan fingerprint density at radius 3 is 2.95 bits per heavy atom. The first-order valence-corrected chi connectivity index (χ1v) is 6.66. The Bertz CT molecular complexity index is 473. The number of piperidine rings is 1. The molecule has 1 fully saturated rings. The maximum Gasteiger partial charge on any atom is 0.321 e. The molecule has 1 aliphatic rings. The summed E-state index contributed by atoms with van der Waals surface area (Å²) >= 11 is 0. The second-order valence-corrected chi connectivity index (χ2v) is 4.84. The second kappa shape index (κ2) is 6.36. The second-order valence-electron chi connectivity index (χ2n) is 4.84. The van der Waals surface area contributed by atoms with Gasteiger partial charge in [-0.3, -0.25) is 0 Å². The lowest BCUT2D eigenvalue weighted by Crippen LogP contribution is -2.46. The zero-order chi connectivity index (χ0) is 13.7. The van der Waals surface area contributed by atoms with E-state index in [1.807, 2.05) is 4.90 Å². The van der Waals surface area contributed by atoms with E-state index >= 15 is 0 Å². The van der Waals surface area contributed by atoms with Crippen molar-refractivity contribution in [3.05, 3.63) is 41.8 Å². The molecule has 19 heavy (non-hydrogen) atoms. The number of hydrogen-bond donors (Lipinski definition) is 1. The van der Waals surface area contributed by atoms with Gasteiger partial charge < -0.3 is 10.2 Å². The summed E-state index contributed by atoms with van der Waals surface area (Å²) < 4.78 is 13.4. The predicted octanol–water partition coefficient (Wildman–Crippen LogP) is 3.38. The number of rotatable bonds is 2. The number of halogens is 1. The van der Waals surface area contributed by atoms with Gasteiger partial charge in [-0.25, -0.2) is 9.18 Å². The molecule has 1 unspecified atom stereocenters. The van der Waals surface area contributed by atoms with Crippen molar-refractivity contribution in [1.29, 1.82) is 0 Å². The molecule has 102 valence electrons. The Balaban J connectivity index is 1.91. The van der Waals surface area contributed by atoms with Crippen LogP contribution in [0, 0.1) is 5.82 Å². The highest BCUT2D eigenvalue weighted by molar-refractivity contribution is 5.76. The van der Waals surface area contributed by atoms with Crippen LogP contribution in [-0.4, -0.2) is 23.5 Å². The van der Waals surface area contributed by atoms with E-state index in [1.165, 1.54) is 18.7 Å². The van der Waals surface area contributed by atoms with E-state index in [0.717, 1.165) is 19.4 Å².